The van der Waals surface area contributed by atoms with Crippen LogP contribution in [-0.2, 0) is 0 Å². The summed E-state index contributed by atoms with van der Waals surface area (Å²) in [5.74, 6) is 5.16. The first-order chi connectivity index (χ1) is 6.65. The molecule has 0 unspecified atom stereocenters. The standard InChI is InChI=1S/C11H11ClFN/c1-8-6-9(4-3-5-14-2)11(13)7-10(8)12/h6-7,14H,5H2,1-2H3. The van der Waals surface area contributed by atoms with Crippen LogP contribution in [0.25, 0.3) is 0 Å². The molecule has 0 spiro atoms. The quantitative estimate of drug-likeness (QED) is 0.704. The molecule has 1 aromatic carbocycles. The summed E-state index contributed by atoms with van der Waals surface area (Å²) in [5.41, 5.74) is 1.23. The summed E-state index contributed by atoms with van der Waals surface area (Å²) in [4.78, 5) is 0. The zero-order chi connectivity index (χ0) is 10.6. The van der Waals surface area contributed by atoms with Gasteiger partial charge in [0, 0.05) is 5.02 Å². The highest BCUT2D eigenvalue weighted by atomic mass is 35.5. The normalized spacial score (nSPS) is 9.43. The van der Waals surface area contributed by atoms with Crippen molar-refractivity contribution >= 4 is 11.6 Å². The molecule has 1 aromatic rings. The van der Waals surface area contributed by atoms with Gasteiger partial charge in [-0.3, -0.25) is 0 Å². The molecular formula is C11H11ClFN. The number of rotatable bonds is 1. The Kier molecular flexibility index (Phi) is 3.94. The number of aryl methyl sites for hydroxylation is 1. The molecule has 0 aliphatic rings. The van der Waals surface area contributed by atoms with Crippen molar-refractivity contribution in [3.05, 3.63) is 34.1 Å². The third-order valence-corrected chi connectivity index (χ3v) is 2.14. The fourth-order valence-corrected chi connectivity index (χ4v) is 1.13. The van der Waals surface area contributed by atoms with Crippen molar-refractivity contribution < 1.29 is 4.39 Å². The number of hydrogen-bond donors (Lipinski definition) is 1. The van der Waals surface area contributed by atoms with E-state index in [1.807, 2.05) is 6.92 Å². The molecule has 0 aliphatic carbocycles. The van der Waals surface area contributed by atoms with Crippen LogP contribution in [0, 0.1) is 24.6 Å². The average molecular weight is 212 g/mol. The number of halogens is 2. The molecule has 0 heterocycles. The molecule has 0 saturated carbocycles. The van der Waals surface area contributed by atoms with Crippen LogP contribution >= 0.6 is 11.6 Å². The molecule has 0 bridgehead atoms. The third kappa shape index (κ3) is 2.73. The van der Waals surface area contributed by atoms with E-state index in [-0.39, 0.29) is 5.82 Å². The molecule has 3 heteroatoms. The van der Waals surface area contributed by atoms with Gasteiger partial charge in [0.05, 0.1) is 12.1 Å². The lowest BCUT2D eigenvalue weighted by molar-refractivity contribution is 0.624. The Morgan fingerprint density at radius 1 is 1.50 bits per heavy atom. The molecule has 1 rings (SSSR count). The van der Waals surface area contributed by atoms with Crippen molar-refractivity contribution in [1.82, 2.24) is 5.32 Å². The van der Waals surface area contributed by atoms with Gasteiger partial charge >= 0.3 is 0 Å². The minimum Gasteiger partial charge on any atom is -0.309 e. The smallest absolute Gasteiger partial charge is 0.140 e. The van der Waals surface area contributed by atoms with Gasteiger partial charge in [-0.15, -0.1) is 0 Å². The average Bonchev–Trinajstić information content (AvgIpc) is 2.14. The van der Waals surface area contributed by atoms with Crippen LogP contribution < -0.4 is 5.32 Å². The molecule has 74 valence electrons. The molecule has 0 aromatic heterocycles. The molecule has 0 atom stereocenters. The molecule has 1 nitrogen and oxygen atoms in total. The van der Waals surface area contributed by atoms with Gasteiger partial charge < -0.3 is 5.32 Å². The molecule has 0 fully saturated rings. The molecule has 0 amide bonds. The summed E-state index contributed by atoms with van der Waals surface area (Å²) in [6.07, 6.45) is 0. The summed E-state index contributed by atoms with van der Waals surface area (Å²) >= 11 is 5.75. The fraction of sp³-hybridized carbons (Fsp3) is 0.273. The van der Waals surface area contributed by atoms with E-state index in [0.717, 1.165) is 5.56 Å². The predicted octanol–water partition coefficient (Wildman–Crippen LogP) is 2.36. The van der Waals surface area contributed by atoms with Crippen LogP contribution in [0.5, 0.6) is 0 Å². The van der Waals surface area contributed by atoms with E-state index in [0.29, 0.717) is 17.1 Å². The van der Waals surface area contributed by atoms with Crippen LogP contribution in [0.1, 0.15) is 11.1 Å². The minimum atomic E-state index is -0.371. The van der Waals surface area contributed by atoms with Crippen LogP contribution in [0.15, 0.2) is 12.1 Å². The van der Waals surface area contributed by atoms with Crippen molar-refractivity contribution in [1.29, 1.82) is 0 Å². The Labute approximate surface area is 88.3 Å². The first-order valence-corrected chi connectivity index (χ1v) is 4.62. The molecule has 0 aliphatic heterocycles. The zero-order valence-corrected chi connectivity index (χ0v) is 8.87. The molecule has 14 heavy (non-hydrogen) atoms. The summed E-state index contributed by atoms with van der Waals surface area (Å²) < 4.78 is 13.3. The van der Waals surface area contributed by atoms with Gasteiger partial charge in [-0.05, 0) is 31.7 Å². The van der Waals surface area contributed by atoms with Crippen molar-refractivity contribution in [3.63, 3.8) is 0 Å². The van der Waals surface area contributed by atoms with Gasteiger partial charge in [0.1, 0.15) is 5.82 Å². The molecular weight excluding hydrogens is 201 g/mol. The minimum absolute atomic E-state index is 0.371. The first kappa shape index (κ1) is 11.0. The molecule has 1 N–H and O–H groups in total. The van der Waals surface area contributed by atoms with Gasteiger partial charge in [-0.25, -0.2) is 4.39 Å². The van der Waals surface area contributed by atoms with Crippen molar-refractivity contribution in [2.75, 3.05) is 13.6 Å². The maximum absolute atomic E-state index is 13.3. The van der Waals surface area contributed by atoms with E-state index in [9.17, 15) is 4.39 Å². The Balaban J connectivity index is 3.00. The highest BCUT2D eigenvalue weighted by Crippen LogP contribution is 2.19. The van der Waals surface area contributed by atoms with Crippen LogP contribution in [-0.4, -0.2) is 13.6 Å². The Morgan fingerprint density at radius 3 is 2.86 bits per heavy atom. The van der Waals surface area contributed by atoms with Gasteiger partial charge in [-0.1, -0.05) is 23.4 Å². The topological polar surface area (TPSA) is 12.0 Å². The molecule has 0 saturated heterocycles. The first-order valence-electron chi connectivity index (χ1n) is 4.24. The van der Waals surface area contributed by atoms with Crippen molar-refractivity contribution in [3.8, 4) is 11.8 Å². The second-order valence-corrected chi connectivity index (χ2v) is 3.32. The van der Waals surface area contributed by atoms with Gasteiger partial charge in [0.15, 0.2) is 0 Å². The van der Waals surface area contributed by atoms with E-state index in [1.54, 1.807) is 13.1 Å². The predicted molar refractivity (Wildman–Crippen MR) is 57.0 cm³/mol. The second kappa shape index (κ2) is 4.99. The Morgan fingerprint density at radius 2 is 2.21 bits per heavy atom. The fourth-order valence-electron chi connectivity index (χ4n) is 0.981. The lowest BCUT2D eigenvalue weighted by Crippen LogP contribution is -2.04. The second-order valence-electron chi connectivity index (χ2n) is 2.91. The third-order valence-electron chi connectivity index (χ3n) is 1.74. The lowest BCUT2D eigenvalue weighted by Gasteiger charge is -1.99. The SMILES string of the molecule is CNCC#Cc1cc(C)c(Cl)cc1F. The van der Waals surface area contributed by atoms with E-state index in [2.05, 4.69) is 17.2 Å². The van der Waals surface area contributed by atoms with Crippen LogP contribution in [0.3, 0.4) is 0 Å². The van der Waals surface area contributed by atoms with Crippen LogP contribution in [0.2, 0.25) is 5.02 Å². The molecule has 0 radical (unpaired) electrons. The summed E-state index contributed by atoms with van der Waals surface area (Å²) in [7, 11) is 1.79. The van der Waals surface area contributed by atoms with Crippen molar-refractivity contribution in [2.24, 2.45) is 0 Å². The largest absolute Gasteiger partial charge is 0.309 e. The summed E-state index contributed by atoms with van der Waals surface area (Å²) in [5, 5.41) is 3.29. The summed E-state index contributed by atoms with van der Waals surface area (Å²) in [6.45, 7) is 2.37. The summed E-state index contributed by atoms with van der Waals surface area (Å²) in [6, 6.07) is 2.95. The number of benzene rings is 1. The maximum Gasteiger partial charge on any atom is 0.140 e. The lowest BCUT2D eigenvalue weighted by atomic mass is 10.1. The van der Waals surface area contributed by atoms with Gasteiger partial charge in [-0.2, -0.15) is 0 Å². The highest BCUT2D eigenvalue weighted by molar-refractivity contribution is 6.31. The van der Waals surface area contributed by atoms with Gasteiger partial charge in [0.2, 0.25) is 0 Å². The number of nitrogens with one attached hydrogen (secondary N) is 1. The highest BCUT2D eigenvalue weighted by Gasteiger charge is 2.02. The Bertz CT molecular complexity index is 390. The van der Waals surface area contributed by atoms with E-state index in [4.69, 9.17) is 11.6 Å². The maximum atomic E-state index is 13.3. The van der Waals surface area contributed by atoms with Crippen molar-refractivity contribution in [2.45, 2.75) is 6.92 Å². The zero-order valence-electron chi connectivity index (χ0n) is 8.12. The van der Waals surface area contributed by atoms with E-state index in [1.165, 1.54) is 6.07 Å². The van der Waals surface area contributed by atoms with E-state index >= 15 is 0 Å². The van der Waals surface area contributed by atoms with Gasteiger partial charge in [0.25, 0.3) is 0 Å². The Hall–Kier alpha value is -1.04. The number of hydrogen-bond acceptors (Lipinski definition) is 1. The van der Waals surface area contributed by atoms with E-state index < -0.39 is 0 Å². The van der Waals surface area contributed by atoms with Crippen LogP contribution in [0.4, 0.5) is 4.39 Å². The monoisotopic (exact) mass is 211 g/mol.